The molecule has 0 radical (unpaired) electrons. The number of rotatable bonds is 84. The summed E-state index contributed by atoms with van der Waals surface area (Å²) < 4.78 is 0. The molecule has 0 heterocycles. The Morgan fingerprint density at radius 2 is 0.313 bits per heavy atom. The number of nitrogens with two attached hydrogens (primary N) is 2. The fourth-order valence-corrected chi connectivity index (χ4v) is 15.0. The fraction of sp³-hybridized carbons (Fsp3) is 0.936. The molecule has 0 aromatic heterocycles. The third-order valence-corrected chi connectivity index (χ3v) is 22.1. The Kier molecular flexibility index (Phi) is 96.3. The van der Waals surface area contributed by atoms with Crippen molar-refractivity contribution in [2.45, 2.75) is 542 Å². The molecule has 0 bridgehead atoms. The average Bonchev–Trinajstić information content (AvgIpc) is 1.57. The largest absolute Gasteiger partial charge is 0.889 e. The molecule has 5 heteroatoms. The molecule has 4 N–H and O–H groups in total. The van der Waals surface area contributed by atoms with Gasteiger partial charge in [-0.05, 0) is 69.8 Å². The molecule has 0 saturated carbocycles. The Bertz CT molecular complexity index is 1330. The quantitative estimate of drug-likeness (QED) is 0.0503. The molecular formula is C94H189BN2O2. The van der Waals surface area contributed by atoms with Gasteiger partial charge in [0.05, 0.1) is 26.2 Å². The second kappa shape index (κ2) is 95.1. The Morgan fingerprint density at radius 3 is 0.455 bits per heavy atom. The van der Waals surface area contributed by atoms with E-state index in [0.717, 1.165) is 6.42 Å². The lowest BCUT2D eigenvalue weighted by molar-refractivity contribution is -0.655. The van der Waals surface area contributed by atoms with Crippen molar-refractivity contribution in [2.75, 3.05) is 26.2 Å². The molecule has 4 nitrogen and oxygen atoms in total. The molecule has 590 valence electrons. The van der Waals surface area contributed by atoms with Gasteiger partial charge in [-0.3, -0.25) is 0 Å². The van der Waals surface area contributed by atoms with E-state index in [1.54, 1.807) is 12.1 Å². The highest BCUT2D eigenvalue weighted by molar-refractivity contribution is 6.55. The molecule has 1 aromatic rings. The van der Waals surface area contributed by atoms with Gasteiger partial charge in [-0.2, -0.15) is 0 Å². The number of aryl methyl sites for hydroxylation is 1. The van der Waals surface area contributed by atoms with Gasteiger partial charge in [-0.25, -0.2) is 0 Å². The lowest BCUT2D eigenvalue weighted by Crippen LogP contribution is -2.84. The van der Waals surface area contributed by atoms with Gasteiger partial charge >= 0.3 is 0 Å². The van der Waals surface area contributed by atoms with Crippen molar-refractivity contribution in [1.82, 2.24) is 0 Å². The highest BCUT2D eigenvalue weighted by Gasteiger charge is 2.03. The van der Waals surface area contributed by atoms with Gasteiger partial charge in [-0.15, -0.1) is 5.46 Å². The van der Waals surface area contributed by atoms with Crippen LogP contribution in [0.4, 0.5) is 0 Å². The highest BCUT2D eigenvalue weighted by atomic mass is 16.4. The van der Waals surface area contributed by atoms with E-state index in [4.69, 9.17) is 0 Å². The van der Waals surface area contributed by atoms with Crippen molar-refractivity contribution in [3.63, 3.8) is 0 Å². The first kappa shape index (κ1) is 100. The van der Waals surface area contributed by atoms with Crippen molar-refractivity contribution in [3.8, 4) is 0 Å². The maximum atomic E-state index is 10.6. The standard InChI is InChI=1S/2C40H83N.C14H21BO2/c2*1-3-5-7-9-11-13-15-17-19-21-23-25-27-29-31-33-35-37-39-41-40-38-36-34-32-30-28-26-24-22-20-18-16-14-12-10-8-6-4-2;1-2-3-4-5-6-7-8-13-9-11-14(12-10-13)15(16)17/h2*41H,3-40H2,1-2H3;9-12H,2-8H2,1H3/q;;-2/p+2. The summed E-state index contributed by atoms with van der Waals surface area (Å²) in [5.74, 6) is 0. The molecule has 0 aliphatic carbocycles. The summed E-state index contributed by atoms with van der Waals surface area (Å²) >= 11 is 0. The summed E-state index contributed by atoms with van der Waals surface area (Å²) in [4.78, 5) is 0. The molecule has 1 aromatic carbocycles. The Morgan fingerprint density at radius 1 is 0.182 bits per heavy atom. The summed E-state index contributed by atoms with van der Waals surface area (Å²) in [7, 11) is -1.85. The first-order valence-electron chi connectivity index (χ1n) is 47.1. The lowest BCUT2D eigenvalue weighted by atomic mass is 9.80. The van der Waals surface area contributed by atoms with E-state index in [1.165, 1.54) is 533 Å². The molecule has 0 fully saturated rings. The van der Waals surface area contributed by atoms with Gasteiger partial charge < -0.3 is 20.7 Å². The SMILES string of the molecule is CCCCCCCCCCCCCCCCCCCC[NH2+]CCCCCCCCCCCCCCCCCCCC.CCCCCCCCCCCCCCCCCCCC[NH2+]CCCCCCCCCCCCCCCCCCCC.CCCCCCCCc1ccc(B([O-])[O-])cc1. The minimum Gasteiger partial charge on any atom is -0.889 e. The maximum Gasteiger partial charge on any atom is 0.0755 e. The second-order valence-corrected chi connectivity index (χ2v) is 32.4. The van der Waals surface area contributed by atoms with Crippen LogP contribution in [0.3, 0.4) is 0 Å². The predicted molar refractivity (Wildman–Crippen MR) is 447 cm³/mol. The van der Waals surface area contributed by atoms with E-state index >= 15 is 0 Å². The van der Waals surface area contributed by atoms with Gasteiger partial charge in [0.1, 0.15) is 0 Å². The van der Waals surface area contributed by atoms with Crippen molar-refractivity contribution in [1.29, 1.82) is 0 Å². The maximum absolute atomic E-state index is 10.6. The summed E-state index contributed by atoms with van der Waals surface area (Å²) in [6.45, 7) is 16.9. The van der Waals surface area contributed by atoms with E-state index in [9.17, 15) is 10.0 Å². The van der Waals surface area contributed by atoms with Gasteiger partial charge in [0.15, 0.2) is 0 Å². The molecule has 0 amide bonds. The first-order valence-corrected chi connectivity index (χ1v) is 47.1. The van der Waals surface area contributed by atoms with E-state index in [-0.39, 0.29) is 0 Å². The van der Waals surface area contributed by atoms with Gasteiger partial charge in [0.2, 0.25) is 0 Å². The molecule has 0 spiro atoms. The van der Waals surface area contributed by atoms with Crippen LogP contribution in [0.15, 0.2) is 24.3 Å². The monoisotopic (exact) mass is 1390 g/mol. The molecule has 0 unspecified atom stereocenters. The van der Waals surface area contributed by atoms with Crippen LogP contribution in [-0.4, -0.2) is 33.3 Å². The van der Waals surface area contributed by atoms with Crippen molar-refractivity contribution < 1.29 is 20.7 Å². The first-order chi connectivity index (χ1) is 49.1. The third kappa shape index (κ3) is 93.2. The Balaban J connectivity index is 0. The number of hydrogen-bond donors (Lipinski definition) is 2. The highest BCUT2D eigenvalue weighted by Crippen LogP contribution is 2.20. The van der Waals surface area contributed by atoms with Crippen molar-refractivity contribution >= 4 is 12.6 Å². The number of hydrogen-bond acceptors (Lipinski definition) is 2. The summed E-state index contributed by atoms with van der Waals surface area (Å²) in [6, 6.07) is 7.14. The molecule has 0 aliphatic heterocycles. The Hall–Kier alpha value is -0.875. The zero-order valence-corrected chi connectivity index (χ0v) is 69.5. The van der Waals surface area contributed by atoms with E-state index in [1.807, 2.05) is 12.1 Å². The number of benzene rings is 1. The average molecular weight is 1390 g/mol. The van der Waals surface area contributed by atoms with Crippen molar-refractivity contribution in [3.05, 3.63) is 29.8 Å². The van der Waals surface area contributed by atoms with E-state index in [0.29, 0.717) is 5.46 Å². The lowest BCUT2D eigenvalue weighted by Gasteiger charge is -2.26. The van der Waals surface area contributed by atoms with Crippen LogP contribution in [0.2, 0.25) is 0 Å². The number of quaternary nitrogens is 2. The summed E-state index contributed by atoms with van der Waals surface area (Å²) in [5, 5.41) is 26.5. The number of unbranched alkanes of at least 4 members (excludes halogenated alkanes) is 73. The molecule has 1 rings (SSSR count). The van der Waals surface area contributed by atoms with E-state index in [2.05, 4.69) is 45.3 Å². The van der Waals surface area contributed by atoms with Crippen LogP contribution in [0.5, 0.6) is 0 Å². The van der Waals surface area contributed by atoms with Crippen LogP contribution >= 0.6 is 0 Å². The van der Waals surface area contributed by atoms with Crippen LogP contribution in [0.1, 0.15) is 541 Å². The van der Waals surface area contributed by atoms with Crippen molar-refractivity contribution in [2.24, 2.45) is 0 Å². The third-order valence-electron chi connectivity index (χ3n) is 22.1. The van der Waals surface area contributed by atoms with Crippen LogP contribution < -0.4 is 26.1 Å². The predicted octanol–water partition coefficient (Wildman–Crippen LogP) is 28.3. The van der Waals surface area contributed by atoms with E-state index < -0.39 is 7.12 Å². The molecule has 0 atom stereocenters. The van der Waals surface area contributed by atoms with Crippen LogP contribution in [-0.2, 0) is 6.42 Å². The molecular weight excluding hydrogens is 1200 g/mol. The van der Waals surface area contributed by atoms with Gasteiger partial charge in [0.25, 0.3) is 0 Å². The molecule has 99 heavy (non-hydrogen) atoms. The van der Waals surface area contributed by atoms with Crippen LogP contribution in [0.25, 0.3) is 0 Å². The summed E-state index contributed by atoms with van der Waals surface area (Å²) in [5.41, 5.74) is 1.57. The normalized spacial score (nSPS) is 11.4. The zero-order valence-electron chi connectivity index (χ0n) is 69.5. The summed E-state index contributed by atoms with van der Waals surface area (Å²) in [6.07, 6.45) is 115. The van der Waals surface area contributed by atoms with Crippen LogP contribution in [0, 0.1) is 0 Å². The topological polar surface area (TPSA) is 79.3 Å². The second-order valence-electron chi connectivity index (χ2n) is 32.4. The molecule has 0 saturated heterocycles. The minimum absolute atomic E-state index is 0.344. The van der Waals surface area contributed by atoms with Gasteiger partial charge in [-0.1, -0.05) is 509 Å². The zero-order chi connectivity index (χ0) is 71.7. The van der Waals surface area contributed by atoms with Gasteiger partial charge in [0, 0.05) is 0 Å². The fourth-order valence-electron chi connectivity index (χ4n) is 15.0. The molecule has 0 aliphatic rings. The smallest absolute Gasteiger partial charge is 0.0755 e. The minimum atomic E-state index is -1.85. The Labute approximate surface area is 627 Å².